The van der Waals surface area contributed by atoms with Gasteiger partial charge in [0.1, 0.15) is 5.78 Å². The van der Waals surface area contributed by atoms with Gasteiger partial charge in [0.25, 0.3) is 0 Å². The topological polar surface area (TPSA) is 22.0 Å². The van der Waals surface area contributed by atoms with Crippen LogP contribution in [0.2, 0.25) is 0 Å². The normalized spacial score (nSPS) is 10.9. The molecule has 27 heavy (non-hydrogen) atoms. The SMILES string of the molecule is CSc1cccc(CC(=O)CCc2cccn2Cc2cc(C)ccc2C)c1. The molecule has 3 heteroatoms. The van der Waals surface area contributed by atoms with Crippen molar-refractivity contribution in [3.8, 4) is 0 Å². The third kappa shape index (κ3) is 5.36. The molecule has 0 aliphatic heterocycles. The Morgan fingerprint density at radius 1 is 1.04 bits per heavy atom. The van der Waals surface area contributed by atoms with Crippen molar-refractivity contribution in [1.29, 1.82) is 0 Å². The lowest BCUT2D eigenvalue weighted by Crippen LogP contribution is -2.09. The highest BCUT2D eigenvalue weighted by Gasteiger charge is 2.09. The monoisotopic (exact) mass is 377 g/mol. The summed E-state index contributed by atoms with van der Waals surface area (Å²) in [5.41, 5.74) is 6.27. The first kappa shape index (κ1) is 19.5. The molecule has 3 rings (SSSR count). The maximum atomic E-state index is 12.5. The van der Waals surface area contributed by atoms with Gasteiger partial charge in [-0.1, -0.05) is 35.9 Å². The number of thioether (sulfide) groups is 1. The number of hydrogen-bond acceptors (Lipinski definition) is 2. The van der Waals surface area contributed by atoms with Crippen LogP contribution >= 0.6 is 11.8 Å². The fourth-order valence-electron chi connectivity index (χ4n) is 3.35. The molecule has 1 heterocycles. The number of aryl methyl sites for hydroxylation is 3. The summed E-state index contributed by atoms with van der Waals surface area (Å²) >= 11 is 1.71. The minimum Gasteiger partial charge on any atom is -0.347 e. The van der Waals surface area contributed by atoms with Gasteiger partial charge < -0.3 is 4.57 Å². The molecule has 0 aliphatic rings. The highest BCUT2D eigenvalue weighted by atomic mass is 32.2. The lowest BCUT2D eigenvalue weighted by molar-refractivity contribution is -0.118. The van der Waals surface area contributed by atoms with Gasteiger partial charge in [0.05, 0.1) is 0 Å². The summed E-state index contributed by atoms with van der Waals surface area (Å²) < 4.78 is 2.27. The van der Waals surface area contributed by atoms with Crippen LogP contribution in [0.25, 0.3) is 0 Å². The minimum atomic E-state index is 0.299. The van der Waals surface area contributed by atoms with E-state index in [4.69, 9.17) is 0 Å². The van der Waals surface area contributed by atoms with Crippen molar-refractivity contribution in [3.05, 3.63) is 88.7 Å². The van der Waals surface area contributed by atoms with Gasteiger partial charge in [-0.2, -0.15) is 0 Å². The van der Waals surface area contributed by atoms with Gasteiger partial charge >= 0.3 is 0 Å². The van der Waals surface area contributed by atoms with Crippen molar-refractivity contribution in [1.82, 2.24) is 4.57 Å². The van der Waals surface area contributed by atoms with Crippen molar-refractivity contribution in [3.63, 3.8) is 0 Å². The zero-order chi connectivity index (χ0) is 19.2. The molecule has 0 fully saturated rings. The predicted octanol–water partition coefficient (Wildman–Crippen LogP) is 5.62. The molecule has 1 aromatic heterocycles. The van der Waals surface area contributed by atoms with E-state index in [9.17, 15) is 4.79 Å². The highest BCUT2D eigenvalue weighted by Crippen LogP contribution is 2.18. The van der Waals surface area contributed by atoms with Gasteiger partial charge in [-0.3, -0.25) is 4.79 Å². The molecule has 140 valence electrons. The first-order chi connectivity index (χ1) is 13.0. The van der Waals surface area contributed by atoms with Gasteiger partial charge in [-0.15, -0.1) is 11.8 Å². The largest absolute Gasteiger partial charge is 0.347 e. The molecule has 0 saturated carbocycles. The lowest BCUT2D eigenvalue weighted by atomic mass is 10.0. The average Bonchev–Trinajstić information content (AvgIpc) is 3.10. The zero-order valence-electron chi connectivity index (χ0n) is 16.4. The molecule has 0 radical (unpaired) electrons. The van der Waals surface area contributed by atoms with Crippen LogP contribution in [0.15, 0.2) is 65.7 Å². The number of carbonyl (C=O) groups is 1. The van der Waals surface area contributed by atoms with Crippen LogP contribution in [0, 0.1) is 13.8 Å². The second kappa shape index (κ2) is 9.09. The van der Waals surface area contributed by atoms with Crippen LogP contribution in [0.4, 0.5) is 0 Å². The Morgan fingerprint density at radius 3 is 2.70 bits per heavy atom. The molecular formula is C24H27NOS. The number of hydrogen-bond donors (Lipinski definition) is 0. The number of benzene rings is 2. The van der Waals surface area contributed by atoms with Crippen LogP contribution in [-0.4, -0.2) is 16.6 Å². The smallest absolute Gasteiger partial charge is 0.137 e. The molecule has 2 aromatic carbocycles. The molecule has 0 amide bonds. The Kier molecular flexibility index (Phi) is 6.57. The van der Waals surface area contributed by atoms with Gasteiger partial charge in [0.2, 0.25) is 0 Å². The number of aromatic nitrogens is 1. The Hall–Kier alpha value is -2.26. The van der Waals surface area contributed by atoms with E-state index < -0.39 is 0 Å². The van der Waals surface area contributed by atoms with Gasteiger partial charge in [0.15, 0.2) is 0 Å². The van der Waals surface area contributed by atoms with E-state index in [0.29, 0.717) is 18.6 Å². The maximum absolute atomic E-state index is 12.5. The molecule has 2 nitrogen and oxygen atoms in total. The summed E-state index contributed by atoms with van der Waals surface area (Å²) in [6.07, 6.45) is 6.07. The summed E-state index contributed by atoms with van der Waals surface area (Å²) in [6, 6.07) is 19.1. The molecule has 0 bridgehead atoms. The number of ketones is 1. The second-order valence-electron chi connectivity index (χ2n) is 7.12. The summed E-state index contributed by atoms with van der Waals surface area (Å²) in [5, 5.41) is 0. The molecule has 0 saturated heterocycles. The summed E-state index contributed by atoms with van der Waals surface area (Å²) in [6.45, 7) is 5.15. The van der Waals surface area contributed by atoms with Gasteiger partial charge in [-0.25, -0.2) is 0 Å². The number of rotatable bonds is 8. The molecular weight excluding hydrogens is 350 g/mol. The third-order valence-corrected chi connectivity index (χ3v) is 5.69. The molecule has 0 spiro atoms. The van der Waals surface area contributed by atoms with Crippen LogP contribution < -0.4 is 0 Å². The van der Waals surface area contributed by atoms with E-state index >= 15 is 0 Å². The first-order valence-corrected chi connectivity index (χ1v) is 10.6. The number of carbonyl (C=O) groups excluding carboxylic acids is 1. The summed E-state index contributed by atoms with van der Waals surface area (Å²) in [5.74, 6) is 0.299. The number of Topliss-reactive ketones (excluding diaryl/α,β-unsaturated/α-hetero) is 1. The third-order valence-electron chi connectivity index (χ3n) is 4.96. The molecule has 3 aromatic rings. The van der Waals surface area contributed by atoms with Gasteiger partial charge in [-0.05, 0) is 67.5 Å². The maximum Gasteiger partial charge on any atom is 0.137 e. The minimum absolute atomic E-state index is 0.299. The zero-order valence-corrected chi connectivity index (χ0v) is 17.2. The van der Waals surface area contributed by atoms with Crippen LogP contribution in [0.5, 0.6) is 0 Å². The van der Waals surface area contributed by atoms with E-state index in [1.165, 1.54) is 27.3 Å². The van der Waals surface area contributed by atoms with Crippen LogP contribution in [0.1, 0.15) is 34.4 Å². The van der Waals surface area contributed by atoms with Crippen molar-refractivity contribution < 1.29 is 4.79 Å². The van der Waals surface area contributed by atoms with Crippen molar-refractivity contribution in [2.24, 2.45) is 0 Å². The van der Waals surface area contributed by atoms with E-state index in [1.54, 1.807) is 11.8 Å². The fraction of sp³-hybridized carbons (Fsp3) is 0.292. The summed E-state index contributed by atoms with van der Waals surface area (Å²) in [4.78, 5) is 13.7. The van der Waals surface area contributed by atoms with Crippen LogP contribution in [-0.2, 0) is 24.2 Å². The Balaban J connectivity index is 1.61. The van der Waals surface area contributed by atoms with Gasteiger partial charge in [0, 0.05) is 36.2 Å². The second-order valence-corrected chi connectivity index (χ2v) is 8.00. The van der Waals surface area contributed by atoms with Crippen LogP contribution in [0.3, 0.4) is 0 Å². The predicted molar refractivity (Wildman–Crippen MR) is 115 cm³/mol. The molecule has 0 atom stereocenters. The standard InChI is InChI=1S/C24H27NOS/c1-18-9-10-19(2)21(14-18)17-25-13-5-7-22(25)11-12-23(26)15-20-6-4-8-24(16-20)27-3/h4-10,13-14,16H,11-12,15,17H2,1-3H3. The van der Waals surface area contributed by atoms with E-state index in [0.717, 1.165) is 18.5 Å². The quantitative estimate of drug-likeness (QED) is 0.475. The Morgan fingerprint density at radius 2 is 1.89 bits per heavy atom. The Bertz CT molecular complexity index is 926. The fourth-order valence-corrected chi connectivity index (χ4v) is 3.83. The first-order valence-electron chi connectivity index (χ1n) is 9.40. The van der Waals surface area contributed by atoms with E-state index in [2.05, 4.69) is 73.3 Å². The van der Waals surface area contributed by atoms with Crippen molar-refractivity contribution in [2.45, 2.75) is 44.6 Å². The Labute approximate surface area is 166 Å². The molecule has 0 N–H and O–H groups in total. The lowest BCUT2D eigenvalue weighted by Gasteiger charge is -2.12. The molecule has 0 aliphatic carbocycles. The molecule has 0 unspecified atom stereocenters. The average molecular weight is 378 g/mol. The summed E-state index contributed by atoms with van der Waals surface area (Å²) in [7, 11) is 0. The van der Waals surface area contributed by atoms with Crippen molar-refractivity contribution in [2.75, 3.05) is 6.26 Å². The highest BCUT2D eigenvalue weighted by molar-refractivity contribution is 7.98. The number of nitrogens with zero attached hydrogens (tertiary/aromatic N) is 1. The van der Waals surface area contributed by atoms with Crippen molar-refractivity contribution >= 4 is 17.5 Å². The van der Waals surface area contributed by atoms with E-state index in [1.807, 2.05) is 12.1 Å². The van der Waals surface area contributed by atoms with E-state index in [-0.39, 0.29) is 0 Å².